The monoisotopic (exact) mass is 460 g/mol. The van der Waals surface area contributed by atoms with Crippen molar-refractivity contribution in [3.05, 3.63) is 35.3 Å². The van der Waals surface area contributed by atoms with E-state index in [4.69, 9.17) is 10.5 Å². The summed E-state index contributed by atoms with van der Waals surface area (Å²) < 4.78 is 19.7. The number of amides is 2. The third kappa shape index (κ3) is 6.16. The van der Waals surface area contributed by atoms with Crippen LogP contribution in [0.1, 0.15) is 49.5 Å². The van der Waals surface area contributed by atoms with Crippen LogP contribution in [-0.2, 0) is 9.53 Å². The van der Waals surface area contributed by atoms with E-state index in [2.05, 4.69) is 15.3 Å². The Kier molecular flexibility index (Phi) is 9.53. The first-order valence-electron chi connectivity index (χ1n) is 11.1. The third-order valence-corrected chi connectivity index (χ3v) is 5.40. The number of aromatic nitrogens is 2. The third-order valence-electron chi connectivity index (χ3n) is 5.40. The molecule has 1 aromatic heterocycles. The molecule has 10 heteroatoms. The molecule has 2 aromatic rings. The lowest BCUT2D eigenvalue weighted by Gasteiger charge is -2.33. The first kappa shape index (κ1) is 26.0. The second-order valence-corrected chi connectivity index (χ2v) is 7.41. The van der Waals surface area contributed by atoms with Crippen molar-refractivity contribution in [1.29, 1.82) is 0 Å². The number of benzene rings is 1. The Hall–Kier alpha value is -3.27. The van der Waals surface area contributed by atoms with Gasteiger partial charge < -0.3 is 20.7 Å². The van der Waals surface area contributed by atoms with Crippen LogP contribution in [0, 0.1) is 12.7 Å². The summed E-state index contributed by atoms with van der Waals surface area (Å²) in [6.07, 6.45) is 3.83. The van der Waals surface area contributed by atoms with Crippen LogP contribution < -0.4 is 20.9 Å². The molecule has 3 rings (SSSR count). The van der Waals surface area contributed by atoms with Gasteiger partial charge in [0.25, 0.3) is 5.91 Å². The number of rotatable bonds is 8. The van der Waals surface area contributed by atoms with Crippen LogP contribution in [0.3, 0.4) is 0 Å². The average Bonchev–Trinajstić information content (AvgIpc) is 2.83. The predicted octanol–water partition coefficient (Wildman–Crippen LogP) is 3.39. The van der Waals surface area contributed by atoms with E-state index in [1.165, 1.54) is 12.1 Å². The molecule has 0 unspecified atom stereocenters. The number of hydrogen-bond donors (Lipinski definition) is 2. The number of nitrogens with zero attached hydrogens (tertiary/aromatic N) is 4. The number of carbonyl (C=O) groups excluding carboxylic acids is 2. The highest BCUT2D eigenvalue weighted by Gasteiger charge is 2.26. The lowest BCUT2D eigenvalue weighted by atomic mass is 10.1. The predicted molar refractivity (Wildman–Crippen MR) is 128 cm³/mol. The first-order valence-corrected chi connectivity index (χ1v) is 11.1. The fraction of sp³-hybridized carbons (Fsp3) is 0.478. The number of nitrogens with one attached hydrogen (secondary N) is 1. The highest BCUT2D eigenvalue weighted by atomic mass is 19.1. The lowest BCUT2D eigenvalue weighted by Crippen LogP contribution is -2.40. The number of nitrogens with two attached hydrogens (primary N) is 1. The van der Waals surface area contributed by atoms with E-state index in [0.29, 0.717) is 55.4 Å². The van der Waals surface area contributed by atoms with Crippen LogP contribution in [0.2, 0.25) is 0 Å². The molecule has 33 heavy (non-hydrogen) atoms. The summed E-state index contributed by atoms with van der Waals surface area (Å²) in [5.41, 5.74) is 6.73. The molecule has 1 aromatic carbocycles. The molecule has 1 aliphatic heterocycles. The van der Waals surface area contributed by atoms with E-state index in [9.17, 15) is 14.0 Å². The van der Waals surface area contributed by atoms with Crippen LogP contribution in [0.25, 0.3) is 0 Å². The Labute approximate surface area is 194 Å². The maximum absolute atomic E-state index is 14.2. The Morgan fingerprint density at radius 2 is 2.00 bits per heavy atom. The molecular weight excluding hydrogens is 427 g/mol. The van der Waals surface area contributed by atoms with Gasteiger partial charge in [0.15, 0.2) is 5.82 Å². The number of halogens is 1. The molecule has 1 saturated heterocycles. The van der Waals surface area contributed by atoms with Gasteiger partial charge in [0.2, 0.25) is 12.4 Å². The van der Waals surface area contributed by atoms with Gasteiger partial charge in [0, 0.05) is 38.5 Å². The van der Waals surface area contributed by atoms with Gasteiger partial charge >= 0.3 is 0 Å². The van der Waals surface area contributed by atoms with Crippen molar-refractivity contribution in [2.45, 2.75) is 46.6 Å². The van der Waals surface area contributed by atoms with Crippen molar-refractivity contribution in [3.8, 4) is 0 Å². The Bertz CT molecular complexity index is 965. The van der Waals surface area contributed by atoms with Crippen LogP contribution in [0.4, 0.5) is 27.5 Å². The quantitative estimate of drug-likeness (QED) is 0.581. The Morgan fingerprint density at radius 1 is 1.33 bits per heavy atom. The number of ether oxygens (including phenoxy) is 1. The van der Waals surface area contributed by atoms with Gasteiger partial charge in [-0.3, -0.25) is 14.5 Å². The molecule has 1 aliphatic rings. The minimum absolute atomic E-state index is 0.0352. The summed E-state index contributed by atoms with van der Waals surface area (Å²) in [5, 5.41) is 2.99. The Morgan fingerprint density at radius 3 is 2.58 bits per heavy atom. The molecule has 2 heterocycles. The molecule has 3 N–H and O–H groups in total. The van der Waals surface area contributed by atoms with E-state index in [1.807, 2.05) is 32.7 Å². The van der Waals surface area contributed by atoms with Gasteiger partial charge in [-0.05, 0) is 44.4 Å². The molecule has 0 radical (unpaired) electrons. The number of primary amides is 1. The van der Waals surface area contributed by atoms with E-state index in [0.717, 1.165) is 6.41 Å². The van der Waals surface area contributed by atoms with Crippen LogP contribution >= 0.6 is 0 Å². The largest absolute Gasteiger partial charge is 0.381 e. The summed E-state index contributed by atoms with van der Waals surface area (Å²) >= 11 is 0. The average molecular weight is 461 g/mol. The number of hydrogen-bond acceptors (Lipinski definition) is 7. The topological polar surface area (TPSA) is 114 Å². The van der Waals surface area contributed by atoms with Gasteiger partial charge in [-0.15, -0.1) is 0 Å². The number of aryl methyl sites for hydroxylation is 1. The summed E-state index contributed by atoms with van der Waals surface area (Å²) in [4.78, 5) is 35.9. The summed E-state index contributed by atoms with van der Waals surface area (Å²) in [6, 6.07) is 2.52. The fourth-order valence-electron chi connectivity index (χ4n) is 3.45. The zero-order chi connectivity index (χ0) is 24.5. The summed E-state index contributed by atoms with van der Waals surface area (Å²) in [6.45, 7) is 9.56. The zero-order valence-electron chi connectivity index (χ0n) is 19.9. The standard InChI is InChI=1S/C21H27FN6O3.C2H6/c1-4-27(3)18-11-24-21(25-17-10-16(22)15(19(23)30)9-13(17)2)26-20(18)28(12-29)14-5-7-31-8-6-14;1-2/h9-12,14H,4-8H2,1-3H3,(H2,23,30)(H,24,25,26);1-2H3. The van der Waals surface area contributed by atoms with Crippen LogP contribution in [-0.4, -0.2) is 55.1 Å². The molecule has 180 valence electrons. The second-order valence-electron chi connectivity index (χ2n) is 7.41. The number of anilines is 4. The summed E-state index contributed by atoms with van der Waals surface area (Å²) in [7, 11) is 1.89. The maximum atomic E-state index is 14.2. The highest BCUT2D eigenvalue weighted by molar-refractivity contribution is 5.94. The fourth-order valence-corrected chi connectivity index (χ4v) is 3.45. The van der Waals surface area contributed by atoms with Crippen molar-refractivity contribution in [2.75, 3.05) is 41.9 Å². The molecular formula is C23H33FN6O3. The van der Waals surface area contributed by atoms with Crippen molar-refractivity contribution in [2.24, 2.45) is 5.73 Å². The molecule has 0 aliphatic carbocycles. The first-order chi connectivity index (χ1) is 15.8. The number of carbonyl (C=O) groups is 2. The Balaban J connectivity index is 0.00000187. The SMILES string of the molecule is CC.CCN(C)c1cnc(Nc2cc(F)c(C(N)=O)cc2C)nc1N(C=O)C1CCOCC1. The molecule has 2 amide bonds. The lowest BCUT2D eigenvalue weighted by molar-refractivity contribution is -0.108. The van der Waals surface area contributed by atoms with Gasteiger partial charge in [0.1, 0.15) is 5.82 Å². The van der Waals surface area contributed by atoms with E-state index < -0.39 is 11.7 Å². The van der Waals surface area contributed by atoms with Gasteiger partial charge in [-0.25, -0.2) is 9.37 Å². The van der Waals surface area contributed by atoms with Crippen molar-refractivity contribution in [1.82, 2.24) is 9.97 Å². The van der Waals surface area contributed by atoms with Crippen molar-refractivity contribution >= 4 is 35.5 Å². The molecule has 1 fully saturated rings. The molecule has 0 bridgehead atoms. The van der Waals surface area contributed by atoms with E-state index >= 15 is 0 Å². The van der Waals surface area contributed by atoms with Gasteiger partial charge in [0.05, 0.1) is 17.4 Å². The van der Waals surface area contributed by atoms with Crippen LogP contribution in [0.15, 0.2) is 18.3 Å². The maximum Gasteiger partial charge on any atom is 0.251 e. The highest BCUT2D eigenvalue weighted by Crippen LogP contribution is 2.31. The van der Waals surface area contributed by atoms with E-state index in [1.54, 1.807) is 18.0 Å². The van der Waals surface area contributed by atoms with Gasteiger partial charge in [-0.2, -0.15) is 4.98 Å². The molecule has 0 atom stereocenters. The zero-order valence-corrected chi connectivity index (χ0v) is 19.9. The van der Waals surface area contributed by atoms with Gasteiger partial charge in [-0.1, -0.05) is 13.8 Å². The molecule has 9 nitrogen and oxygen atoms in total. The minimum Gasteiger partial charge on any atom is -0.381 e. The van der Waals surface area contributed by atoms with Crippen LogP contribution in [0.5, 0.6) is 0 Å². The normalized spacial score (nSPS) is 13.5. The summed E-state index contributed by atoms with van der Waals surface area (Å²) in [5.74, 6) is -0.900. The molecule has 0 saturated carbocycles. The second kappa shape index (κ2) is 12.1. The minimum atomic E-state index is -0.837. The van der Waals surface area contributed by atoms with Crippen molar-refractivity contribution < 1.29 is 18.7 Å². The van der Waals surface area contributed by atoms with E-state index in [-0.39, 0.29) is 17.6 Å². The smallest absolute Gasteiger partial charge is 0.251 e. The van der Waals surface area contributed by atoms with Crippen molar-refractivity contribution in [3.63, 3.8) is 0 Å². The molecule has 0 spiro atoms.